The summed E-state index contributed by atoms with van der Waals surface area (Å²) in [6.07, 6.45) is 0.584. The molecule has 18 heavy (non-hydrogen) atoms. The van der Waals surface area contributed by atoms with Gasteiger partial charge in [-0.05, 0) is 36.1 Å². The van der Waals surface area contributed by atoms with Crippen molar-refractivity contribution in [1.29, 1.82) is 0 Å². The number of hydrogen-bond donors (Lipinski definition) is 1. The van der Waals surface area contributed by atoms with Crippen molar-refractivity contribution in [2.24, 2.45) is 0 Å². The lowest BCUT2D eigenvalue weighted by Gasteiger charge is -2.38. The fourth-order valence-electron chi connectivity index (χ4n) is 2.89. The number of halogens is 1. The van der Waals surface area contributed by atoms with Gasteiger partial charge >= 0.3 is 6.09 Å². The van der Waals surface area contributed by atoms with Gasteiger partial charge in [-0.15, -0.1) is 0 Å². The van der Waals surface area contributed by atoms with Gasteiger partial charge < -0.3 is 14.7 Å². The molecule has 2 aliphatic heterocycles. The van der Waals surface area contributed by atoms with E-state index in [-0.39, 0.29) is 5.60 Å². The van der Waals surface area contributed by atoms with Crippen LogP contribution in [0, 0.1) is 0 Å². The molecule has 1 saturated heterocycles. The number of rotatable bonds is 0. The number of likely N-dealkylation sites (tertiary alicyclic amines) is 1. The van der Waals surface area contributed by atoms with Gasteiger partial charge in [0.2, 0.25) is 0 Å². The van der Waals surface area contributed by atoms with Crippen molar-refractivity contribution in [3.8, 4) is 0 Å². The third-order valence-corrected chi connectivity index (χ3v) is 4.14. The third kappa shape index (κ3) is 1.76. The molecule has 96 valence electrons. The zero-order chi connectivity index (χ0) is 12.8. The molecule has 2 aliphatic rings. The van der Waals surface area contributed by atoms with Crippen LogP contribution in [0.5, 0.6) is 0 Å². The van der Waals surface area contributed by atoms with Crippen LogP contribution in [0.15, 0.2) is 18.2 Å². The molecule has 5 heteroatoms. The first-order chi connectivity index (χ1) is 8.61. The van der Waals surface area contributed by atoms with E-state index in [9.17, 15) is 4.79 Å². The topological polar surface area (TPSA) is 49.8 Å². The number of nitrogens with zero attached hydrogens (tertiary/aromatic N) is 1. The lowest BCUT2D eigenvalue weighted by atomic mass is 9.84. The molecular formula is C13H14ClNO3. The van der Waals surface area contributed by atoms with Crippen LogP contribution in [0.2, 0.25) is 5.02 Å². The number of ether oxygens (including phenoxy) is 1. The molecule has 3 rings (SSSR count). The van der Waals surface area contributed by atoms with Crippen LogP contribution in [-0.4, -0.2) is 29.2 Å². The Bertz CT molecular complexity index is 495. The Kier molecular flexibility index (Phi) is 2.72. The van der Waals surface area contributed by atoms with Gasteiger partial charge in [-0.2, -0.15) is 0 Å². The summed E-state index contributed by atoms with van der Waals surface area (Å²) in [7, 11) is 0. The second-order valence-corrected chi connectivity index (χ2v) is 5.29. The fraction of sp³-hybridized carbons (Fsp3) is 0.462. The fourth-order valence-corrected chi connectivity index (χ4v) is 3.09. The van der Waals surface area contributed by atoms with Crippen LogP contribution in [0.25, 0.3) is 0 Å². The van der Waals surface area contributed by atoms with Crippen molar-refractivity contribution >= 4 is 17.7 Å². The maximum absolute atomic E-state index is 10.9. The Morgan fingerprint density at radius 1 is 1.39 bits per heavy atom. The molecule has 0 bridgehead atoms. The summed E-state index contributed by atoms with van der Waals surface area (Å²) in [5, 5.41) is 9.69. The summed E-state index contributed by atoms with van der Waals surface area (Å²) in [5.41, 5.74) is 2.01. The van der Waals surface area contributed by atoms with Gasteiger partial charge in [-0.25, -0.2) is 4.79 Å². The highest BCUT2D eigenvalue weighted by Crippen LogP contribution is 2.44. The predicted octanol–water partition coefficient (Wildman–Crippen LogP) is 2.84. The van der Waals surface area contributed by atoms with Crippen molar-refractivity contribution < 1.29 is 14.6 Å². The minimum atomic E-state index is -0.848. The highest BCUT2D eigenvalue weighted by Gasteiger charge is 2.43. The molecule has 0 saturated carbocycles. The Balaban J connectivity index is 1.86. The molecule has 0 aromatic heterocycles. The van der Waals surface area contributed by atoms with Crippen LogP contribution < -0.4 is 0 Å². The number of carboxylic acid groups (broad SMARTS) is 1. The van der Waals surface area contributed by atoms with Crippen LogP contribution in [0.4, 0.5) is 4.79 Å². The van der Waals surface area contributed by atoms with Gasteiger partial charge in [0.1, 0.15) is 0 Å². The lowest BCUT2D eigenvalue weighted by molar-refractivity contribution is -0.0750. The second-order valence-electron chi connectivity index (χ2n) is 4.85. The van der Waals surface area contributed by atoms with Crippen molar-refractivity contribution in [1.82, 2.24) is 4.90 Å². The molecule has 0 radical (unpaired) electrons. The predicted molar refractivity (Wildman–Crippen MR) is 66.8 cm³/mol. The maximum Gasteiger partial charge on any atom is 0.407 e. The zero-order valence-corrected chi connectivity index (χ0v) is 10.6. The van der Waals surface area contributed by atoms with Crippen molar-refractivity contribution in [3.05, 3.63) is 34.3 Å². The zero-order valence-electron chi connectivity index (χ0n) is 9.86. The van der Waals surface area contributed by atoms with E-state index in [0.29, 0.717) is 32.5 Å². The van der Waals surface area contributed by atoms with E-state index in [1.165, 1.54) is 10.5 Å². The molecule has 0 aliphatic carbocycles. The van der Waals surface area contributed by atoms with E-state index >= 15 is 0 Å². The molecule has 2 heterocycles. The van der Waals surface area contributed by atoms with E-state index in [0.717, 1.165) is 10.6 Å². The first-order valence-electron chi connectivity index (χ1n) is 6.01. The molecule has 0 unspecified atom stereocenters. The van der Waals surface area contributed by atoms with Crippen LogP contribution in [0.3, 0.4) is 0 Å². The minimum absolute atomic E-state index is 0.300. The largest absolute Gasteiger partial charge is 0.465 e. The Labute approximate surface area is 110 Å². The van der Waals surface area contributed by atoms with Crippen molar-refractivity contribution in [3.63, 3.8) is 0 Å². The average molecular weight is 268 g/mol. The van der Waals surface area contributed by atoms with Gasteiger partial charge in [-0.3, -0.25) is 0 Å². The summed E-state index contributed by atoms with van der Waals surface area (Å²) < 4.78 is 5.96. The molecule has 1 fully saturated rings. The average Bonchev–Trinajstić information content (AvgIpc) is 2.68. The summed E-state index contributed by atoms with van der Waals surface area (Å²) in [4.78, 5) is 12.4. The minimum Gasteiger partial charge on any atom is -0.465 e. The van der Waals surface area contributed by atoms with E-state index in [2.05, 4.69) is 0 Å². The number of hydrogen-bond acceptors (Lipinski definition) is 2. The first-order valence-corrected chi connectivity index (χ1v) is 6.39. The number of fused-ring (bicyclic) bond motifs is 2. The maximum atomic E-state index is 10.9. The van der Waals surface area contributed by atoms with Crippen LogP contribution >= 0.6 is 11.6 Å². The summed E-state index contributed by atoms with van der Waals surface area (Å²) in [6, 6.07) is 5.83. The van der Waals surface area contributed by atoms with Gasteiger partial charge in [-0.1, -0.05) is 17.7 Å². The molecule has 4 nitrogen and oxygen atoms in total. The number of amides is 1. The van der Waals surface area contributed by atoms with Gasteiger partial charge in [0, 0.05) is 18.1 Å². The van der Waals surface area contributed by atoms with E-state index in [1.54, 1.807) is 0 Å². The van der Waals surface area contributed by atoms with Gasteiger partial charge in [0.25, 0.3) is 0 Å². The standard InChI is InChI=1S/C13H14ClNO3/c14-10-1-2-11-9(7-10)8-18-13(11)3-5-15(6-4-13)12(16)17/h1-2,7H,3-6,8H2,(H,16,17). The molecular weight excluding hydrogens is 254 g/mol. The Morgan fingerprint density at radius 3 is 2.78 bits per heavy atom. The summed E-state index contributed by atoms with van der Waals surface area (Å²) in [5.74, 6) is 0. The van der Waals surface area contributed by atoms with Gasteiger partial charge in [0.15, 0.2) is 0 Å². The first kappa shape index (κ1) is 11.8. The van der Waals surface area contributed by atoms with Crippen LogP contribution in [0.1, 0.15) is 24.0 Å². The normalized spacial score (nSPS) is 21.1. The Hall–Kier alpha value is -1.26. The van der Waals surface area contributed by atoms with Crippen molar-refractivity contribution in [2.45, 2.75) is 25.0 Å². The van der Waals surface area contributed by atoms with E-state index in [4.69, 9.17) is 21.4 Å². The third-order valence-electron chi connectivity index (χ3n) is 3.90. The van der Waals surface area contributed by atoms with Crippen LogP contribution in [-0.2, 0) is 16.9 Å². The van der Waals surface area contributed by atoms with E-state index in [1.807, 2.05) is 18.2 Å². The van der Waals surface area contributed by atoms with E-state index < -0.39 is 6.09 Å². The highest BCUT2D eigenvalue weighted by molar-refractivity contribution is 6.30. The monoisotopic (exact) mass is 267 g/mol. The van der Waals surface area contributed by atoms with Crippen molar-refractivity contribution in [2.75, 3.05) is 13.1 Å². The Morgan fingerprint density at radius 2 is 2.11 bits per heavy atom. The molecule has 1 spiro atoms. The summed E-state index contributed by atoms with van der Waals surface area (Å²) in [6.45, 7) is 1.62. The number of piperidine rings is 1. The molecule has 1 N–H and O–H groups in total. The number of carbonyl (C=O) groups is 1. The smallest absolute Gasteiger partial charge is 0.407 e. The SMILES string of the molecule is O=C(O)N1CCC2(CC1)OCc1cc(Cl)ccc12. The second kappa shape index (κ2) is 4.14. The lowest BCUT2D eigenvalue weighted by Crippen LogP contribution is -2.44. The quantitative estimate of drug-likeness (QED) is 0.786. The summed E-state index contributed by atoms with van der Waals surface area (Å²) >= 11 is 5.97. The molecule has 1 aromatic rings. The highest BCUT2D eigenvalue weighted by atomic mass is 35.5. The molecule has 1 aromatic carbocycles. The molecule has 1 amide bonds. The number of benzene rings is 1. The molecule has 0 atom stereocenters. The van der Waals surface area contributed by atoms with Gasteiger partial charge in [0.05, 0.1) is 12.2 Å².